The minimum absolute atomic E-state index is 0.0169. The van der Waals surface area contributed by atoms with E-state index >= 15 is 0 Å². The van der Waals surface area contributed by atoms with Gasteiger partial charge in [0.2, 0.25) is 0 Å². The zero-order chi connectivity index (χ0) is 12.9. The van der Waals surface area contributed by atoms with Crippen molar-refractivity contribution in [2.24, 2.45) is 5.73 Å². The van der Waals surface area contributed by atoms with Crippen molar-refractivity contribution in [1.29, 1.82) is 0 Å². The normalized spacial score (nSPS) is 14.1. The number of nitrogens with two attached hydrogens (primary N) is 1. The van der Waals surface area contributed by atoms with Crippen LogP contribution in [0.4, 0.5) is 4.39 Å². The van der Waals surface area contributed by atoms with Crippen LogP contribution < -0.4 is 10.5 Å². The molecule has 0 heterocycles. The van der Waals surface area contributed by atoms with Crippen LogP contribution in [-0.4, -0.2) is 29.9 Å². The van der Waals surface area contributed by atoms with Crippen LogP contribution in [0.15, 0.2) is 24.3 Å². The highest BCUT2D eigenvalue weighted by atomic mass is 18.2. The second kappa shape index (κ2) is 5.63. The number of ether oxygens (including phenoxy) is 1. The van der Waals surface area contributed by atoms with E-state index in [0.717, 1.165) is 5.56 Å². The van der Waals surface area contributed by atoms with Crippen LogP contribution in [0.2, 0.25) is 0 Å². The molecule has 94 valence electrons. The number of carboxylic acids is 1. The van der Waals surface area contributed by atoms with Crippen LogP contribution >= 0.6 is 0 Å². The fraction of sp³-hybridized carbons (Fsp3) is 0.417. The molecule has 4 nitrogen and oxygen atoms in total. The molecule has 0 aliphatic rings. The van der Waals surface area contributed by atoms with E-state index in [-0.39, 0.29) is 13.0 Å². The summed E-state index contributed by atoms with van der Waals surface area (Å²) < 4.78 is 16.9. The second-order valence-corrected chi connectivity index (χ2v) is 4.08. The molecule has 0 radical (unpaired) electrons. The van der Waals surface area contributed by atoms with E-state index in [1.54, 1.807) is 24.3 Å². The first-order valence-corrected chi connectivity index (χ1v) is 5.25. The Bertz CT molecular complexity index is 376. The minimum atomic E-state index is -1.29. The first kappa shape index (κ1) is 13.4. The summed E-state index contributed by atoms with van der Waals surface area (Å²) in [6.07, 6.45) is 0.228. The molecule has 0 fully saturated rings. The molecule has 0 aliphatic heterocycles. The number of hydrogen-bond donors (Lipinski definition) is 2. The van der Waals surface area contributed by atoms with Crippen LogP contribution in [-0.2, 0) is 11.2 Å². The fourth-order valence-corrected chi connectivity index (χ4v) is 1.36. The van der Waals surface area contributed by atoms with Crippen molar-refractivity contribution in [2.45, 2.75) is 18.9 Å². The minimum Gasteiger partial charge on any atom is -0.491 e. The zero-order valence-electron chi connectivity index (χ0n) is 9.65. The van der Waals surface area contributed by atoms with E-state index in [1.807, 2.05) is 0 Å². The first-order chi connectivity index (χ1) is 7.95. The average molecular weight is 240 g/mol. The number of alkyl halides is 1. The highest BCUT2D eigenvalue weighted by Gasteiger charge is 2.27. The van der Waals surface area contributed by atoms with Gasteiger partial charge >= 0.3 is 5.97 Å². The third-order valence-electron chi connectivity index (χ3n) is 2.33. The Kier molecular flexibility index (Phi) is 4.45. The average Bonchev–Trinajstić information content (AvgIpc) is 2.27. The predicted molar refractivity (Wildman–Crippen MR) is 61.8 cm³/mol. The van der Waals surface area contributed by atoms with Gasteiger partial charge < -0.3 is 15.6 Å². The van der Waals surface area contributed by atoms with Crippen molar-refractivity contribution in [2.75, 3.05) is 13.3 Å². The molecule has 0 spiro atoms. The summed E-state index contributed by atoms with van der Waals surface area (Å²) in [6, 6.07) is 6.79. The molecule has 3 N–H and O–H groups in total. The number of aliphatic carboxylic acids is 1. The van der Waals surface area contributed by atoms with Crippen LogP contribution in [0.3, 0.4) is 0 Å². The van der Waals surface area contributed by atoms with Gasteiger partial charge in [-0.05, 0) is 24.6 Å². The number of benzene rings is 1. The molecule has 5 heteroatoms. The third kappa shape index (κ3) is 4.03. The number of hydrogen-bond acceptors (Lipinski definition) is 3. The molecule has 1 unspecified atom stereocenters. The van der Waals surface area contributed by atoms with Crippen molar-refractivity contribution < 1.29 is 19.0 Å². The standard InChI is InChI=1S/C12H16FNO3/c1-12(14,11(15)16)8-9-2-4-10(5-3-9)17-7-6-13/h2-5H,6-8,14H2,1H3,(H,15,16)/i13-1. The Morgan fingerprint density at radius 3 is 2.53 bits per heavy atom. The number of carboxylic acid groups (broad SMARTS) is 1. The van der Waals surface area contributed by atoms with Crippen molar-refractivity contribution in [3.8, 4) is 5.75 Å². The summed E-state index contributed by atoms with van der Waals surface area (Å²) in [5, 5.41) is 8.88. The first-order valence-electron chi connectivity index (χ1n) is 5.25. The maximum atomic E-state index is 11.9. The molecular formula is C12H16FNO3. The highest BCUT2D eigenvalue weighted by molar-refractivity contribution is 5.78. The summed E-state index contributed by atoms with van der Waals surface area (Å²) >= 11 is 0. The van der Waals surface area contributed by atoms with Gasteiger partial charge in [-0.25, -0.2) is 4.39 Å². The lowest BCUT2D eigenvalue weighted by molar-refractivity contribution is -0.142. The molecule has 0 saturated carbocycles. The van der Waals surface area contributed by atoms with E-state index in [1.165, 1.54) is 6.92 Å². The van der Waals surface area contributed by atoms with Crippen LogP contribution in [0, 0.1) is 0 Å². The zero-order valence-corrected chi connectivity index (χ0v) is 9.65. The molecule has 1 aromatic carbocycles. The summed E-state index contributed by atoms with van der Waals surface area (Å²) in [5.41, 5.74) is 5.14. The smallest absolute Gasteiger partial charge is 0.323 e. The maximum Gasteiger partial charge on any atom is 0.323 e. The summed E-state index contributed by atoms with van der Waals surface area (Å²) in [7, 11) is 0. The molecule has 0 amide bonds. The molecule has 0 saturated heterocycles. The highest BCUT2D eigenvalue weighted by Crippen LogP contribution is 2.16. The van der Waals surface area contributed by atoms with Gasteiger partial charge in [0.1, 0.15) is 24.6 Å². The molecule has 0 aliphatic carbocycles. The predicted octanol–water partition coefficient (Wildman–Crippen LogP) is 1.38. The Morgan fingerprint density at radius 1 is 1.47 bits per heavy atom. The van der Waals surface area contributed by atoms with Crippen molar-refractivity contribution in [3.63, 3.8) is 0 Å². The molecule has 1 rings (SSSR count). The number of rotatable bonds is 6. The van der Waals surface area contributed by atoms with Crippen LogP contribution in [0.5, 0.6) is 5.75 Å². The Balaban J connectivity index is 2.65. The van der Waals surface area contributed by atoms with Crippen molar-refractivity contribution in [1.82, 2.24) is 0 Å². The van der Waals surface area contributed by atoms with E-state index in [0.29, 0.717) is 5.75 Å². The molecule has 0 bridgehead atoms. The van der Waals surface area contributed by atoms with E-state index in [4.69, 9.17) is 15.6 Å². The van der Waals surface area contributed by atoms with Gasteiger partial charge in [-0.2, -0.15) is 0 Å². The molecule has 1 atom stereocenters. The quantitative estimate of drug-likeness (QED) is 0.788. The lowest BCUT2D eigenvalue weighted by Gasteiger charge is -2.19. The lowest BCUT2D eigenvalue weighted by atomic mass is 9.94. The van der Waals surface area contributed by atoms with Crippen molar-refractivity contribution in [3.05, 3.63) is 29.8 Å². The van der Waals surface area contributed by atoms with E-state index in [2.05, 4.69) is 0 Å². The Hall–Kier alpha value is -1.62. The number of carbonyl (C=O) groups is 1. The summed E-state index contributed by atoms with van der Waals surface area (Å²) in [4.78, 5) is 10.8. The molecular weight excluding hydrogens is 224 g/mol. The monoisotopic (exact) mass is 240 g/mol. The van der Waals surface area contributed by atoms with Gasteiger partial charge in [-0.1, -0.05) is 12.1 Å². The van der Waals surface area contributed by atoms with Gasteiger partial charge in [0, 0.05) is 6.42 Å². The Labute approximate surface area is 99.2 Å². The number of halogens is 1. The van der Waals surface area contributed by atoms with Gasteiger partial charge in [0.25, 0.3) is 0 Å². The maximum absolute atomic E-state index is 11.9. The van der Waals surface area contributed by atoms with Gasteiger partial charge in [-0.15, -0.1) is 0 Å². The lowest BCUT2D eigenvalue weighted by Crippen LogP contribution is -2.46. The largest absolute Gasteiger partial charge is 0.491 e. The topological polar surface area (TPSA) is 72.5 Å². The van der Waals surface area contributed by atoms with E-state index < -0.39 is 18.2 Å². The van der Waals surface area contributed by atoms with Crippen LogP contribution in [0.1, 0.15) is 12.5 Å². The summed E-state index contributed by atoms with van der Waals surface area (Å²) in [5.74, 6) is -0.490. The SMILES string of the molecule is CC(N)(Cc1ccc(OCC[18F])cc1)C(=O)O. The molecule has 17 heavy (non-hydrogen) atoms. The Morgan fingerprint density at radius 2 is 2.06 bits per heavy atom. The van der Waals surface area contributed by atoms with Gasteiger partial charge in [0.05, 0.1) is 0 Å². The van der Waals surface area contributed by atoms with Crippen LogP contribution in [0.25, 0.3) is 0 Å². The van der Waals surface area contributed by atoms with Crippen molar-refractivity contribution >= 4 is 5.97 Å². The van der Waals surface area contributed by atoms with Gasteiger partial charge in [-0.3, -0.25) is 4.79 Å². The molecule has 0 aromatic heterocycles. The van der Waals surface area contributed by atoms with Gasteiger partial charge in [0.15, 0.2) is 0 Å². The third-order valence-corrected chi connectivity index (χ3v) is 2.33. The molecule has 1 aromatic rings. The fourth-order valence-electron chi connectivity index (χ4n) is 1.36. The summed E-state index contributed by atoms with van der Waals surface area (Å²) in [6.45, 7) is 0.938. The van der Waals surface area contributed by atoms with E-state index in [9.17, 15) is 9.18 Å². The second-order valence-electron chi connectivity index (χ2n) is 4.08.